The number of rotatable bonds is 6. The molecule has 0 aliphatic heterocycles. The van der Waals surface area contributed by atoms with Gasteiger partial charge in [-0.1, -0.05) is 12.8 Å². The number of nitrogens with two attached hydrogens (primary N) is 1. The van der Waals surface area contributed by atoms with E-state index in [2.05, 4.69) is 19.0 Å². The van der Waals surface area contributed by atoms with Crippen molar-refractivity contribution in [2.24, 2.45) is 17.6 Å². The first kappa shape index (κ1) is 15.4. The van der Waals surface area contributed by atoms with Crippen LogP contribution in [-0.2, 0) is 4.79 Å². The third kappa shape index (κ3) is 4.58. The van der Waals surface area contributed by atoms with Crippen LogP contribution in [0.5, 0.6) is 0 Å². The summed E-state index contributed by atoms with van der Waals surface area (Å²) in [4.78, 5) is 16.5. The predicted molar refractivity (Wildman–Crippen MR) is 75.3 cm³/mol. The first-order valence-corrected chi connectivity index (χ1v) is 7.16. The Morgan fingerprint density at radius 3 is 2.44 bits per heavy atom. The van der Waals surface area contributed by atoms with Crippen molar-refractivity contribution in [3.8, 4) is 0 Å². The summed E-state index contributed by atoms with van der Waals surface area (Å²) >= 11 is 0. The van der Waals surface area contributed by atoms with Crippen LogP contribution in [0.3, 0.4) is 0 Å². The van der Waals surface area contributed by atoms with E-state index in [4.69, 9.17) is 5.73 Å². The van der Waals surface area contributed by atoms with Crippen molar-refractivity contribution in [1.29, 1.82) is 0 Å². The van der Waals surface area contributed by atoms with Crippen LogP contribution in [0, 0.1) is 11.8 Å². The first-order chi connectivity index (χ1) is 8.56. The average Bonchev–Trinajstić information content (AvgIpc) is 2.37. The Kier molecular flexibility index (Phi) is 6.65. The molecule has 1 saturated carbocycles. The van der Waals surface area contributed by atoms with Crippen molar-refractivity contribution in [2.75, 3.05) is 40.8 Å². The summed E-state index contributed by atoms with van der Waals surface area (Å²) in [5, 5.41) is 0. The summed E-state index contributed by atoms with van der Waals surface area (Å²) in [7, 11) is 6.06. The molecule has 0 aromatic rings. The van der Waals surface area contributed by atoms with Crippen LogP contribution in [0.25, 0.3) is 0 Å². The van der Waals surface area contributed by atoms with Crippen LogP contribution in [-0.4, -0.2) is 56.5 Å². The normalized spacial score (nSPS) is 24.3. The molecule has 1 amide bonds. The average molecular weight is 255 g/mol. The fourth-order valence-corrected chi connectivity index (χ4v) is 2.83. The molecule has 0 aromatic heterocycles. The number of amides is 1. The van der Waals surface area contributed by atoms with Crippen LogP contribution >= 0.6 is 0 Å². The number of carbonyl (C=O) groups excluding carboxylic acids is 1. The number of hydrogen-bond acceptors (Lipinski definition) is 3. The van der Waals surface area contributed by atoms with Crippen molar-refractivity contribution >= 4 is 5.91 Å². The van der Waals surface area contributed by atoms with Crippen LogP contribution < -0.4 is 5.73 Å². The molecule has 0 saturated heterocycles. The van der Waals surface area contributed by atoms with Crippen LogP contribution in [0.15, 0.2) is 0 Å². The lowest BCUT2D eigenvalue weighted by atomic mass is 9.78. The highest BCUT2D eigenvalue weighted by Crippen LogP contribution is 2.30. The third-order valence-corrected chi connectivity index (χ3v) is 4.00. The van der Waals surface area contributed by atoms with Gasteiger partial charge in [0.1, 0.15) is 0 Å². The third-order valence-electron chi connectivity index (χ3n) is 4.00. The second kappa shape index (κ2) is 7.74. The monoisotopic (exact) mass is 255 g/mol. The molecule has 2 unspecified atom stereocenters. The molecule has 0 radical (unpaired) electrons. The lowest BCUT2D eigenvalue weighted by Crippen LogP contribution is -2.41. The molecule has 0 bridgehead atoms. The molecule has 1 aliphatic rings. The Bertz CT molecular complexity index is 255. The first-order valence-electron chi connectivity index (χ1n) is 7.16. The van der Waals surface area contributed by atoms with Gasteiger partial charge in [-0.05, 0) is 52.4 Å². The highest BCUT2D eigenvalue weighted by Gasteiger charge is 2.31. The molecule has 4 heteroatoms. The summed E-state index contributed by atoms with van der Waals surface area (Å²) in [6.07, 6.45) is 5.60. The quantitative estimate of drug-likeness (QED) is 0.775. The lowest BCUT2D eigenvalue weighted by Gasteiger charge is -2.32. The summed E-state index contributed by atoms with van der Waals surface area (Å²) < 4.78 is 0. The van der Waals surface area contributed by atoms with Crippen molar-refractivity contribution in [2.45, 2.75) is 32.1 Å². The molecule has 1 rings (SSSR count). The second-order valence-corrected chi connectivity index (χ2v) is 5.80. The molecule has 106 valence electrons. The van der Waals surface area contributed by atoms with E-state index in [9.17, 15) is 4.79 Å². The minimum atomic E-state index is 0.174. The molecule has 4 nitrogen and oxygen atoms in total. The van der Waals surface area contributed by atoms with Gasteiger partial charge in [-0.2, -0.15) is 0 Å². The van der Waals surface area contributed by atoms with Crippen molar-refractivity contribution in [3.05, 3.63) is 0 Å². The molecular formula is C14H29N3O. The van der Waals surface area contributed by atoms with Crippen LogP contribution in [0.2, 0.25) is 0 Å². The standard InChI is InChI=1S/C14H29N3O/c1-16(2)9-6-10-17(3)14(18)13-8-5-4-7-12(13)11-15/h12-13H,4-11,15H2,1-3H3. The van der Waals surface area contributed by atoms with Crippen molar-refractivity contribution in [1.82, 2.24) is 9.80 Å². The minimum absolute atomic E-state index is 0.174. The largest absolute Gasteiger partial charge is 0.345 e. The Morgan fingerprint density at radius 1 is 1.17 bits per heavy atom. The maximum atomic E-state index is 12.4. The second-order valence-electron chi connectivity index (χ2n) is 5.80. The molecule has 1 fully saturated rings. The molecule has 2 N–H and O–H groups in total. The zero-order valence-corrected chi connectivity index (χ0v) is 12.2. The van der Waals surface area contributed by atoms with E-state index in [0.29, 0.717) is 18.4 Å². The molecular weight excluding hydrogens is 226 g/mol. The van der Waals surface area contributed by atoms with E-state index in [0.717, 1.165) is 32.4 Å². The Labute approximate surface area is 111 Å². The maximum Gasteiger partial charge on any atom is 0.225 e. The van der Waals surface area contributed by atoms with E-state index < -0.39 is 0 Å². The minimum Gasteiger partial charge on any atom is -0.345 e. The SMILES string of the molecule is CN(C)CCCN(C)C(=O)C1CCCCC1CN. The summed E-state index contributed by atoms with van der Waals surface area (Å²) in [5.74, 6) is 0.888. The lowest BCUT2D eigenvalue weighted by molar-refractivity contribution is -0.137. The zero-order chi connectivity index (χ0) is 13.5. The van der Waals surface area contributed by atoms with Crippen LogP contribution in [0.1, 0.15) is 32.1 Å². The Morgan fingerprint density at radius 2 is 1.83 bits per heavy atom. The number of carbonyl (C=O) groups is 1. The number of nitrogens with zero attached hydrogens (tertiary/aromatic N) is 2. The van der Waals surface area contributed by atoms with E-state index in [1.165, 1.54) is 12.8 Å². The molecule has 0 spiro atoms. The molecule has 1 aliphatic carbocycles. The van der Waals surface area contributed by atoms with Gasteiger partial charge in [0.2, 0.25) is 5.91 Å². The predicted octanol–water partition coefficient (Wildman–Crippen LogP) is 1.16. The van der Waals surface area contributed by atoms with E-state index in [1.807, 2.05) is 11.9 Å². The summed E-state index contributed by atoms with van der Waals surface area (Å²) in [6, 6.07) is 0. The van der Waals surface area contributed by atoms with Gasteiger partial charge in [0.15, 0.2) is 0 Å². The fourth-order valence-electron chi connectivity index (χ4n) is 2.83. The van der Waals surface area contributed by atoms with E-state index >= 15 is 0 Å². The van der Waals surface area contributed by atoms with Gasteiger partial charge in [0, 0.05) is 19.5 Å². The maximum absolute atomic E-state index is 12.4. The fraction of sp³-hybridized carbons (Fsp3) is 0.929. The summed E-state index contributed by atoms with van der Waals surface area (Å²) in [5.41, 5.74) is 5.79. The topological polar surface area (TPSA) is 49.6 Å². The zero-order valence-electron chi connectivity index (χ0n) is 12.2. The van der Waals surface area contributed by atoms with Crippen LogP contribution in [0.4, 0.5) is 0 Å². The highest BCUT2D eigenvalue weighted by molar-refractivity contribution is 5.79. The van der Waals surface area contributed by atoms with Gasteiger partial charge < -0.3 is 15.5 Å². The molecule has 0 heterocycles. The van der Waals surface area contributed by atoms with Crippen molar-refractivity contribution < 1.29 is 4.79 Å². The summed E-state index contributed by atoms with van der Waals surface area (Å²) in [6.45, 7) is 2.54. The number of hydrogen-bond donors (Lipinski definition) is 1. The van der Waals surface area contributed by atoms with Gasteiger partial charge in [-0.25, -0.2) is 0 Å². The Balaban J connectivity index is 2.41. The van der Waals surface area contributed by atoms with Gasteiger partial charge in [-0.3, -0.25) is 4.79 Å². The smallest absolute Gasteiger partial charge is 0.225 e. The molecule has 0 aromatic carbocycles. The van der Waals surface area contributed by atoms with E-state index in [1.54, 1.807) is 0 Å². The van der Waals surface area contributed by atoms with Gasteiger partial charge in [0.25, 0.3) is 0 Å². The van der Waals surface area contributed by atoms with E-state index in [-0.39, 0.29) is 5.92 Å². The highest BCUT2D eigenvalue weighted by atomic mass is 16.2. The Hall–Kier alpha value is -0.610. The van der Waals surface area contributed by atoms with Crippen molar-refractivity contribution in [3.63, 3.8) is 0 Å². The molecule has 18 heavy (non-hydrogen) atoms. The van der Waals surface area contributed by atoms with Gasteiger partial charge in [0.05, 0.1) is 0 Å². The molecule has 2 atom stereocenters. The van der Waals surface area contributed by atoms with Gasteiger partial charge in [-0.15, -0.1) is 0 Å². The van der Waals surface area contributed by atoms with Gasteiger partial charge >= 0.3 is 0 Å².